The van der Waals surface area contributed by atoms with Crippen LogP contribution in [0.2, 0.25) is 0 Å². The second kappa shape index (κ2) is 13.1. The van der Waals surface area contributed by atoms with Crippen molar-refractivity contribution in [3.05, 3.63) is 35.6 Å². The number of carbonyl (C=O) groups is 1. The Kier molecular flexibility index (Phi) is 12.4. The zero-order valence-electron chi connectivity index (χ0n) is 15.8. The summed E-state index contributed by atoms with van der Waals surface area (Å²) in [4.78, 5) is 14.1. The lowest BCUT2D eigenvalue weighted by atomic mass is 10.1. The first-order valence-electron chi connectivity index (χ1n) is 8.83. The topological polar surface area (TPSA) is 29.5 Å². The van der Waals surface area contributed by atoms with Crippen LogP contribution in [-0.4, -0.2) is 36.9 Å². The molecule has 0 radical (unpaired) electrons. The summed E-state index contributed by atoms with van der Waals surface area (Å²) < 4.78 is 5.79. The molecule has 0 rings (SSSR count). The van der Waals surface area contributed by atoms with Gasteiger partial charge in [0.2, 0.25) is 0 Å². The first kappa shape index (κ1) is 21.6. The van der Waals surface area contributed by atoms with Gasteiger partial charge in [-0.1, -0.05) is 32.4 Å². The Labute approximate surface area is 143 Å². The first-order chi connectivity index (χ1) is 11.0. The Morgan fingerprint density at radius 1 is 1.04 bits per heavy atom. The minimum Gasteiger partial charge on any atom is -0.494 e. The number of allylic oxidation sites excluding steroid dienone is 4. The summed E-state index contributed by atoms with van der Waals surface area (Å²) in [7, 11) is 0. The maximum absolute atomic E-state index is 11.6. The third kappa shape index (κ3) is 10.1. The van der Waals surface area contributed by atoms with Gasteiger partial charge in [-0.25, -0.2) is 0 Å². The smallest absolute Gasteiger partial charge is 0.159 e. The lowest BCUT2D eigenvalue weighted by Crippen LogP contribution is -2.27. The molecule has 0 aromatic carbocycles. The zero-order chi connectivity index (χ0) is 17.7. The number of nitrogens with zero attached hydrogens (tertiary/aromatic N) is 1. The molecule has 0 saturated heterocycles. The molecular formula is C20H35NO2. The van der Waals surface area contributed by atoms with Crippen molar-refractivity contribution < 1.29 is 9.53 Å². The average molecular weight is 322 g/mol. The molecule has 3 nitrogen and oxygen atoms in total. The van der Waals surface area contributed by atoms with Gasteiger partial charge in [0, 0.05) is 12.1 Å². The number of Topliss-reactive ketones (excluding diaryl/α,β-unsaturated/α-hetero) is 1. The number of unbranched alkanes of at least 4 members (excludes halogenated alkanes) is 1. The van der Waals surface area contributed by atoms with Crippen LogP contribution in [0.1, 0.15) is 60.3 Å². The van der Waals surface area contributed by atoms with Crippen LogP contribution >= 0.6 is 0 Å². The Bertz CT molecular complexity index is 417. The van der Waals surface area contributed by atoms with Gasteiger partial charge in [0.1, 0.15) is 5.76 Å². The van der Waals surface area contributed by atoms with Gasteiger partial charge < -0.3 is 9.64 Å². The summed E-state index contributed by atoms with van der Waals surface area (Å²) in [6.07, 6.45) is 8.13. The molecule has 132 valence electrons. The van der Waals surface area contributed by atoms with Gasteiger partial charge >= 0.3 is 0 Å². The number of rotatable bonds is 13. The van der Waals surface area contributed by atoms with E-state index in [0.29, 0.717) is 17.9 Å². The van der Waals surface area contributed by atoms with Gasteiger partial charge in [0.05, 0.1) is 6.61 Å². The van der Waals surface area contributed by atoms with Crippen LogP contribution in [0.5, 0.6) is 0 Å². The molecular weight excluding hydrogens is 286 g/mol. The highest BCUT2D eigenvalue weighted by Gasteiger charge is 2.06. The average Bonchev–Trinajstić information content (AvgIpc) is 2.50. The van der Waals surface area contributed by atoms with E-state index in [1.54, 1.807) is 19.1 Å². The zero-order valence-corrected chi connectivity index (χ0v) is 15.8. The van der Waals surface area contributed by atoms with Crippen LogP contribution in [0, 0.1) is 0 Å². The van der Waals surface area contributed by atoms with Gasteiger partial charge in [-0.05, 0) is 65.3 Å². The summed E-state index contributed by atoms with van der Waals surface area (Å²) in [5.41, 5.74) is 1.70. The SMILES string of the molecule is C=C/C(=C\C(C(C)=O)=C(C)C)OCCCN(CCC)CCCC. The molecule has 3 heteroatoms. The third-order valence-corrected chi connectivity index (χ3v) is 3.66. The molecule has 0 aliphatic carbocycles. The molecule has 0 atom stereocenters. The van der Waals surface area contributed by atoms with Crippen LogP contribution in [0.4, 0.5) is 0 Å². The fraction of sp³-hybridized carbons (Fsp3) is 0.650. The molecule has 0 unspecified atom stereocenters. The van der Waals surface area contributed by atoms with E-state index in [4.69, 9.17) is 4.74 Å². The summed E-state index contributed by atoms with van der Waals surface area (Å²) in [6, 6.07) is 0. The maximum Gasteiger partial charge on any atom is 0.159 e. The normalized spacial score (nSPS) is 11.5. The quantitative estimate of drug-likeness (QED) is 0.209. The molecule has 0 spiro atoms. The third-order valence-electron chi connectivity index (χ3n) is 3.66. The van der Waals surface area contributed by atoms with Gasteiger partial charge in [-0.3, -0.25) is 4.79 Å². The molecule has 0 amide bonds. The van der Waals surface area contributed by atoms with Crippen molar-refractivity contribution in [2.45, 2.75) is 60.3 Å². The highest BCUT2D eigenvalue weighted by atomic mass is 16.5. The Morgan fingerprint density at radius 2 is 1.70 bits per heavy atom. The molecule has 0 aliphatic heterocycles. The van der Waals surface area contributed by atoms with E-state index >= 15 is 0 Å². The van der Waals surface area contributed by atoms with E-state index in [1.807, 2.05) is 13.8 Å². The highest BCUT2D eigenvalue weighted by Crippen LogP contribution is 2.12. The fourth-order valence-corrected chi connectivity index (χ4v) is 2.41. The van der Waals surface area contributed by atoms with Crippen molar-refractivity contribution in [3.8, 4) is 0 Å². The molecule has 0 aliphatic rings. The monoisotopic (exact) mass is 321 g/mol. The predicted octanol–water partition coefficient (Wildman–Crippen LogP) is 4.90. The summed E-state index contributed by atoms with van der Waals surface area (Å²) in [5.74, 6) is 0.730. The molecule has 0 bridgehead atoms. The lowest BCUT2D eigenvalue weighted by Gasteiger charge is -2.21. The van der Waals surface area contributed by atoms with E-state index < -0.39 is 0 Å². The van der Waals surface area contributed by atoms with E-state index in [9.17, 15) is 4.79 Å². The van der Waals surface area contributed by atoms with Crippen molar-refractivity contribution >= 4 is 5.78 Å². The lowest BCUT2D eigenvalue weighted by molar-refractivity contribution is -0.113. The van der Waals surface area contributed by atoms with Gasteiger partial charge in [0.15, 0.2) is 5.78 Å². The molecule has 23 heavy (non-hydrogen) atoms. The number of hydrogen-bond acceptors (Lipinski definition) is 3. The molecule has 0 N–H and O–H groups in total. The van der Waals surface area contributed by atoms with E-state index in [1.165, 1.54) is 25.8 Å². The van der Waals surface area contributed by atoms with Crippen LogP contribution in [0.3, 0.4) is 0 Å². The van der Waals surface area contributed by atoms with Crippen molar-refractivity contribution in [1.29, 1.82) is 0 Å². The predicted molar refractivity (Wildman–Crippen MR) is 99.5 cm³/mol. The van der Waals surface area contributed by atoms with Crippen molar-refractivity contribution in [2.75, 3.05) is 26.2 Å². The summed E-state index contributed by atoms with van der Waals surface area (Å²) in [5, 5.41) is 0. The van der Waals surface area contributed by atoms with E-state index in [0.717, 1.165) is 25.1 Å². The van der Waals surface area contributed by atoms with E-state index in [-0.39, 0.29) is 5.78 Å². The fourth-order valence-electron chi connectivity index (χ4n) is 2.41. The number of carbonyl (C=O) groups excluding carboxylic acids is 1. The van der Waals surface area contributed by atoms with Gasteiger partial charge in [0.25, 0.3) is 0 Å². The molecule has 0 fully saturated rings. The molecule has 0 heterocycles. The van der Waals surface area contributed by atoms with Crippen LogP contribution in [-0.2, 0) is 9.53 Å². The van der Waals surface area contributed by atoms with Crippen LogP contribution < -0.4 is 0 Å². The summed E-state index contributed by atoms with van der Waals surface area (Å²) >= 11 is 0. The Morgan fingerprint density at radius 3 is 2.17 bits per heavy atom. The number of hydrogen-bond donors (Lipinski definition) is 0. The highest BCUT2D eigenvalue weighted by molar-refractivity contribution is 5.96. The second-order valence-corrected chi connectivity index (χ2v) is 6.12. The number of ether oxygens (including phenoxy) is 1. The van der Waals surface area contributed by atoms with Crippen molar-refractivity contribution in [1.82, 2.24) is 4.90 Å². The Balaban J connectivity index is 4.43. The maximum atomic E-state index is 11.6. The minimum atomic E-state index is 0.0571. The van der Waals surface area contributed by atoms with Gasteiger partial charge in [-0.2, -0.15) is 0 Å². The standard InChI is InChI=1S/C20H35NO2/c1-7-10-13-21(12-8-2)14-11-15-23-19(9-3)16-20(17(4)5)18(6)22/h9,16H,3,7-8,10-15H2,1-2,4-6H3/b19-16+. The first-order valence-corrected chi connectivity index (χ1v) is 8.83. The molecule has 0 aromatic heterocycles. The van der Waals surface area contributed by atoms with Crippen molar-refractivity contribution in [3.63, 3.8) is 0 Å². The van der Waals surface area contributed by atoms with Crippen molar-refractivity contribution in [2.24, 2.45) is 0 Å². The Hall–Kier alpha value is -1.35. The minimum absolute atomic E-state index is 0.0571. The number of ketones is 1. The molecule has 0 aromatic rings. The van der Waals surface area contributed by atoms with E-state index in [2.05, 4.69) is 25.3 Å². The molecule has 0 saturated carbocycles. The second-order valence-electron chi connectivity index (χ2n) is 6.12. The van der Waals surface area contributed by atoms with Gasteiger partial charge in [-0.15, -0.1) is 0 Å². The van der Waals surface area contributed by atoms with Crippen LogP contribution in [0.15, 0.2) is 35.6 Å². The van der Waals surface area contributed by atoms with Crippen LogP contribution in [0.25, 0.3) is 0 Å². The largest absolute Gasteiger partial charge is 0.494 e. The summed E-state index contributed by atoms with van der Waals surface area (Å²) in [6.45, 7) is 17.7.